The number of H-pyrrole nitrogens is 1. The van der Waals surface area contributed by atoms with E-state index in [0.717, 1.165) is 37.3 Å². The maximum Gasteiger partial charge on any atom is 0.245 e. The topological polar surface area (TPSA) is 66.1 Å². The lowest BCUT2D eigenvalue weighted by atomic mass is 9.92. The molecule has 2 aliphatic heterocycles. The molecule has 0 saturated carbocycles. The van der Waals surface area contributed by atoms with Gasteiger partial charge in [0.05, 0.1) is 0 Å². The van der Waals surface area contributed by atoms with Crippen LogP contribution in [0.25, 0.3) is 0 Å². The summed E-state index contributed by atoms with van der Waals surface area (Å²) in [6.45, 7) is 7.21. The van der Waals surface area contributed by atoms with Gasteiger partial charge >= 0.3 is 0 Å². The lowest BCUT2D eigenvalue weighted by molar-refractivity contribution is 0.0118. The molecule has 0 aliphatic carbocycles. The Bertz CT molecular complexity index is 444. The molecule has 0 amide bonds. The van der Waals surface area contributed by atoms with Gasteiger partial charge in [-0.15, -0.1) is 5.10 Å². The molecule has 2 saturated heterocycles. The smallest absolute Gasteiger partial charge is 0.245 e. The van der Waals surface area contributed by atoms with Crippen LogP contribution in [0.4, 0.5) is 5.95 Å². The number of methoxy groups -OCH3 is 1. The van der Waals surface area contributed by atoms with Crippen molar-refractivity contribution in [1.82, 2.24) is 20.5 Å². The minimum Gasteiger partial charge on any atom is -0.371 e. The van der Waals surface area contributed by atoms with Crippen molar-refractivity contribution in [1.29, 1.82) is 0 Å². The molecule has 2 fully saturated rings. The number of nitrogens with one attached hydrogen (secondary N) is 2. The van der Waals surface area contributed by atoms with E-state index in [1.807, 2.05) is 13.8 Å². The second-order valence-electron chi connectivity index (χ2n) is 6.02. The normalized spacial score (nSPS) is 27.6. The molecule has 2 atom stereocenters. The SMILES string of the molecule is COC(C)(C)c1nc(N2CCCC3CNCC32)n[nH]1. The van der Waals surface area contributed by atoms with Gasteiger partial charge in [-0.05, 0) is 32.6 Å². The third-order valence-electron chi connectivity index (χ3n) is 4.49. The molecule has 0 radical (unpaired) electrons. The molecule has 1 aromatic rings. The van der Waals surface area contributed by atoms with Gasteiger partial charge < -0.3 is 15.0 Å². The first kappa shape index (κ1) is 12.9. The zero-order chi connectivity index (χ0) is 13.5. The van der Waals surface area contributed by atoms with E-state index in [1.165, 1.54) is 12.8 Å². The van der Waals surface area contributed by atoms with Gasteiger partial charge in [0.1, 0.15) is 5.60 Å². The number of nitrogens with zero attached hydrogens (tertiary/aromatic N) is 3. The van der Waals surface area contributed by atoms with Gasteiger partial charge in [-0.2, -0.15) is 4.98 Å². The monoisotopic (exact) mass is 265 g/mol. The summed E-state index contributed by atoms with van der Waals surface area (Å²) >= 11 is 0. The van der Waals surface area contributed by atoms with Crippen molar-refractivity contribution < 1.29 is 4.74 Å². The average molecular weight is 265 g/mol. The molecule has 19 heavy (non-hydrogen) atoms. The van der Waals surface area contributed by atoms with Crippen LogP contribution in [0.1, 0.15) is 32.5 Å². The van der Waals surface area contributed by atoms with Crippen molar-refractivity contribution in [2.24, 2.45) is 5.92 Å². The number of anilines is 1. The molecule has 0 bridgehead atoms. The second-order valence-corrected chi connectivity index (χ2v) is 6.02. The summed E-state index contributed by atoms with van der Waals surface area (Å²) in [5.74, 6) is 2.35. The Labute approximate surface area is 113 Å². The van der Waals surface area contributed by atoms with Crippen LogP contribution < -0.4 is 10.2 Å². The highest BCUT2D eigenvalue weighted by Crippen LogP contribution is 2.30. The average Bonchev–Trinajstić information content (AvgIpc) is 3.07. The van der Waals surface area contributed by atoms with E-state index < -0.39 is 5.60 Å². The predicted molar refractivity (Wildman–Crippen MR) is 73.1 cm³/mol. The van der Waals surface area contributed by atoms with Gasteiger partial charge in [0.2, 0.25) is 5.95 Å². The lowest BCUT2D eigenvalue weighted by Gasteiger charge is -2.36. The molecular formula is C13H23N5O. The first-order chi connectivity index (χ1) is 9.12. The number of hydrogen-bond donors (Lipinski definition) is 2. The molecule has 1 aromatic heterocycles. The number of rotatable bonds is 3. The van der Waals surface area contributed by atoms with Gasteiger partial charge in [-0.3, -0.25) is 5.10 Å². The second kappa shape index (κ2) is 4.76. The Hall–Kier alpha value is -1.14. The van der Waals surface area contributed by atoms with Gasteiger partial charge in [0.15, 0.2) is 5.82 Å². The van der Waals surface area contributed by atoms with E-state index in [4.69, 9.17) is 4.74 Å². The van der Waals surface area contributed by atoms with Crippen LogP contribution in [0.3, 0.4) is 0 Å². The Morgan fingerprint density at radius 1 is 1.37 bits per heavy atom. The summed E-state index contributed by atoms with van der Waals surface area (Å²) < 4.78 is 5.45. The third-order valence-corrected chi connectivity index (χ3v) is 4.49. The summed E-state index contributed by atoms with van der Waals surface area (Å²) in [5, 5.41) is 10.9. The molecule has 2 aliphatic rings. The van der Waals surface area contributed by atoms with Crippen molar-refractivity contribution in [2.45, 2.75) is 38.3 Å². The summed E-state index contributed by atoms with van der Waals surface area (Å²) in [4.78, 5) is 6.99. The molecule has 3 heterocycles. The van der Waals surface area contributed by atoms with Crippen molar-refractivity contribution in [3.05, 3.63) is 5.82 Å². The maximum atomic E-state index is 5.45. The molecule has 6 nitrogen and oxygen atoms in total. The molecular weight excluding hydrogens is 242 g/mol. The third kappa shape index (κ3) is 2.23. The highest BCUT2D eigenvalue weighted by molar-refractivity contribution is 5.34. The van der Waals surface area contributed by atoms with E-state index in [9.17, 15) is 0 Å². The molecule has 0 aromatic carbocycles. The number of fused-ring (bicyclic) bond motifs is 1. The van der Waals surface area contributed by atoms with Crippen LogP contribution in [0.2, 0.25) is 0 Å². The fourth-order valence-corrected chi connectivity index (χ4v) is 3.06. The van der Waals surface area contributed by atoms with Crippen molar-refractivity contribution >= 4 is 5.95 Å². The molecule has 0 spiro atoms. The summed E-state index contributed by atoms with van der Waals surface area (Å²) in [6, 6.07) is 0.544. The predicted octanol–water partition coefficient (Wildman–Crippen LogP) is 0.874. The Morgan fingerprint density at radius 2 is 2.21 bits per heavy atom. The van der Waals surface area contributed by atoms with E-state index in [2.05, 4.69) is 25.4 Å². The quantitative estimate of drug-likeness (QED) is 0.849. The largest absolute Gasteiger partial charge is 0.371 e. The first-order valence-electron chi connectivity index (χ1n) is 7.07. The van der Waals surface area contributed by atoms with Crippen LogP contribution in [0.5, 0.6) is 0 Å². The zero-order valence-corrected chi connectivity index (χ0v) is 11.9. The van der Waals surface area contributed by atoms with Crippen molar-refractivity contribution in [3.63, 3.8) is 0 Å². The van der Waals surface area contributed by atoms with E-state index >= 15 is 0 Å². The van der Waals surface area contributed by atoms with Crippen LogP contribution in [0.15, 0.2) is 0 Å². The number of aromatic amines is 1. The molecule has 2 unspecified atom stereocenters. The van der Waals surface area contributed by atoms with Gasteiger partial charge in [0, 0.05) is 32.8 Å². The Morgan fingerprint density at radius 3 is 3.00 bits per heavy atom. The van der Waals surface area contributed by atoms with Crippen molar-refractivity contribution in [2.75, 3.05) is 31.6 Å². The molecule has 106 valence electrons. The fraction of sp³-hybridized carbons (Fsp3) is 0.846. The van der Waals surface area contributed by atoms with Crippen LogP contribution in [-0.2, 0) is 10.3 Å². The number of piperidine rings is 1. The summed E-state index contributed by atoms with van der Waals surface area (Å²) in [6.07, 6.45) is 2.54. The van der Waals surface area contributed by atoms with E-state index in [-0.39, 0.29) is 0 Å². The molecule has 6 heteroatoms. The number of ether oxygens (including phenoxy) is 1. The first-order valence-corrected chi connectivity index (χ1v) is 7.07. The standard InChI is InChI=1S/C13H23N5O/c1-13(2,19-3)11-15-12(17-16-11)18-6-4-5-9-7-14-8-10(9)18/h9-10,14H,4-8H2,1-3H3,(H,15,16,17). The lowest BCUT2D eigenvalue weighted by Crippen LogP contribution is -2.45. The Kier molecular flexibility index (Phi) is 3.22. The minimum atomic E-state index is -0.422. The minimum absolute atomic E-state index is 0.422. The zero-order valence-electron chi connectivity index (χ0n) is 11.9. The molecule has 2 N–H and O–H groups in total. The van der Waals surface area contributed by atoms with Crippen molar-refractivity contribution in [3.8, 4) is 0 Å². The summed E-state index contributed by atoms with van der Waals surface area (Å²) in [7, 11) is 1.69. The highest BCUT2D eigenvalue weighted by atomic mass is 16.5. The summed E-state index contributed by atoms with van der Waals surface area (Å²) in [5.41, 5.74) is -0.422. The van der Waals surface area contributed by atoms with Crippen LogP contribution >= 0.6 is 0 Å². The van der Waals surface area contributed by atoms with Gasteiger partial charge in [0.25, 0.3) is 0 Å². The van der Waals surface area contributed by atoms with Gasteiger partial charge in [-0.1, -0.05) is 0 Å². The maximum absolute atomic E-state index is 5.45. The van der Waals surface area contributed by atoms with Gasteiger partial charge in [-0.25, -0.2) is 0 Å². The van der Waals surface area contributed by atoms with Crippen LogP contribution in [0, 0.1) is 5.92 Å². The van der Waals surface area contributed by atoms with Crippen LogP contribution in [-0.4, -0.2) is 48.0 Å². The molecule has 3 rings (SSSR count). The number of aromatic nitrogens is 3. The van der Waals surface area contributed by atoms with E-state index in [1.54, 1.807) is 7.11 Å². The fourth-order valence-electron chi connectivity index (χ4n) is 3.06. The van der Waals surface area contributed by atoms with E-state index in [0.29, 0.717) is 6.04 Å². The Balaban J connectivity index is 1.82. The number of hydrogen-bond acceptors (Lipinski definition) is 5. The highest BCUT2D eigenvalue weighted by Gasteiger charge is 2.37.